The molecular formula is C12H15ClFN3O2. The summed E-state index contributed by atoms with van der Waals surface area (Å²) in [5.74, 6) is -0.631. The van der Waals surface area contributed by atoms with Gasteiger partial charge in [-0.05, 0) is 14.0 Å². The molecule has 2 rings (SSSR count). The van der Waals surface area contributed by atoms with Crippen molar-refractivity contribution in [3.05, 3.63) is 33.1 Å². The number of hydrogen-bond donors (Lipinski definition) is 0. The topological polar surface area (TPSA) is 49.6 Å². The molecule has 7 heteroatoms. The monoisotopic (exact) mass is 287 g/mol. The maximum atomic E-state index is 13.6. The molecule has 1 aliphatic heterocycles. The minimum absolute atomic E-state index is 0.150. The second-order valence-electron chi connectivity index (χ2n) is 4.79. The van der Waals surface area contributed by atoms with E-state index >= 15 is 0 Å². The summed E-state index contributed by atoms with van der Waals surface area (Å²) < 4.78 is 13.6. The summed E-state index contributed by atoms with van der Waals surface area (Å²) in [5, 5.41) is 10.8. The second-order valence-corrected chi connectivity index (χ2v) is 5.19. The number of benzene rings is 1. The predicted octanol–water partition coefficient (Wildman–Crippen LogP) is 2.53. The van der Waals surface area contributed by atoms with E-state index in [1.54, 1.807) is 0 Å². The molecule has 1 heterocycles. The van der Waals surface area contributed by atoms with Gasteiger partial charge in [0.25, 0.3) is 5.69 Å². The van der Waals surface area contributed by atoms with Crippen LogP contribution in [0.1, 0.15) is 6.92 Å². The quantitative estimate of drug-likeness (QED) is 0.619. The molecule has 1 aromatic rings. The minimum Gasteiger partial charge on any atom is -0.363 e. The normalized spacial score (nSPS) is 20.6. The van der Waals surface area contributed by atoms with Crippen LogP contribution in [0.5, 0.6) is 0 Å². The molecular weight excluding hydrogens is 273 g/mol. The van der Waals surface area contributed by atoms with E-state index in [-0.39, 0.29) is 16.8 Å². The summed E-state index contributed by atoms with van der Waals surface area (Å²) in [6, 6.07) is 2.49. The lowest BCUT2D eigenvalue weighted by atomic mass is 10.1. The maximum absolute atomic E-state index is 13.6. The first kappa shape index (κ1) is 14.0. The van der Waals surface area contributed by atoms with E-state index in [1.165, 1.54) is 0 Å². The molecule has 0 amide bonds. The molecule has 1 atom stereocenters. The van der Waals surface area contributed by atoms with Gasteiger partial charge in [0.2, 0.25) is 0 Å². The number of likely N-dealkylation sites (N-methyl/N-ethyl adjacent to an activating group) is 1. The average molecular weight is 288 g/mol. The largest absolute Gasteiger partial charge is 0.363 e. The molecule has 19 heavy (non-hydrogen) atoms. The van der Waals surface area contributed by atoms with Crippen LogP contribution >= 0.6 is 11.6 Å². The van der Waals surface area contributed by atoms with E-state index in [9.17, 15) is 14.5 Å². The molecule has 1 saturated heterocycles. The zero-order valence-electron chi connectivity index (χ0n) is 10.8. The van der Waals surface area contributed by atoms with Crippen LogP contribution in [0.3, 0.4) is 0 Å². The van der Waals surface area contributed by atoms with Crippen LogP contribution in [-0.2, 0) is 0 Å². The molecule has 0 unspecified atom stereocenters. The molecule has 1 aromatic carbocycles. The average Bonchev–Trinajstić information content (AvgIpc) is 2.35. The number of nitrogens with zero attached hydrogens (tertiary/aromatic N) is 3. The summed E-state index contributed by atoms with van der Waals surface area (Å²) in [4.78, 5) is 14.5. The first-order valence-electron chi connectivity index (χ1n) is 5.98. The van der Waals surface area contributed by atoms with E-state index in [1.807, 2.05) is 18.9 Å². The molecule has 1 aliphatic rings. The highest BCUT2D eigenvalue weighted by molar-refractivity contribution is 6.31. The van der Waals surface area contributed by atoms with Crippen LogP contribution in [0.2, 0.25) is 5.02 Å². The van der Waals surface area contributed by atoms with Crippen LogP contribution in [-0.4, -0.2) is 42.5 Å². The van der Waals surface area contributed by atoms with Gasteiger partial charge in [-0.2, -0.15) is 0 Å². The smallest absolute Gasteiger partial charge is 0.294 e. The molecule has 1 fully saturated rings. The summed E-state index contributed by atoms with van der Waals surface area (Å²) in [7, 11) is 2.00. The zero-order valence-corrected chi connectivity index (χ0v) is 11.5. The Kier molecular flexibility index (Phi) is 3.91. The van der Waals surface area contributed by atoms with Gasteiger partial charge in [-0.3, -0.25) is 10.1 Å². The molecule has 0 N–H and O–H groups in total. The van der Waals surface area contributed by atoms with Gasteiger partial charge >= 0.3 is 0 Å². The number of piperazine rings is 1. The van der Waals surface area contributed by atoms with Crippen molar-refractivity contribution < 1.29 is 9.31 Å². The predicted molar refractivity (Wildman–Crippen MR) is 72.4 cm³/mol. The SMILES string of the molecule is C[C@@H]1CN(c2cc(F)c(Cl)cc2[N+](=O)[O-])CCN1C. The molecule has 0 spiro atoms. The van der Waals surface area contributed by atoms with Crippen molar-refractivity contribution >= 4 is 23.0 Å². The lowest BCUT2D eigenvalue weighted by molar-refractivity contribution is -0.384. The molecule has 0 bridgehead atoms. The van der Waals surface area contributed by atoms with E-state index in [2.05, 4.69) is 4.90 Å². The number of nitro benzene ring substituents is 1. The molecule has 104 valence electrons. The van der Waals surface area contributed by atoms with E-state index in [4.69, 9.17) is 11.6 Å². The molecule has 5 nitrogen and oxygen atoms in total. The maximum Gasteiger partial charge on any atom is 0.294 e. The van der Waals surface area contributed by atoms with Crippen LogP contribution in [0.4, 0.5) is 15.8 Å². The summed E-state index contributed by atoms with van der Waals surface area (Å²) in [6.45, 7) is 4.06. The van der Waals surface area contributed by atoms with E-state index in [0.717, 1.165) is 18.7 Å². The lowest BCUT2D eigenvalue weighted by Gasteiger charge is -2.38. The first-order chi connectivity index (χ1) is 8.90. The molecule has 0 radical (unpaired) electrons. The third-order valence-electron chi connectivity index (χ3n) is 3.51. The Hall–Kier alpha value is -1.40. The molecule has 0 aliphatic carbocycles. The van der Waals surface area contributed by atoms with Gasteiger partial charge in [-0.15, -0.1) is 0 Å². The van der Waals surface area contributed by atoms with E-state index in [0.29, 0.717) is 18.8 Å². The highest BCUT2D eigenvalue weighted by Crippen LogP contribution is 2.34. The summed E-state index contributed by atoms with van der Waals surface area (Å²) >= 11 is 5.61. The van der Waals surface area contributed by atoms with Crippen LogP contribution in [0, 0.1) is 15.9 Å². The first-order valence-corrected chi connectivity index (χ1v) is 6.36. The number of anilines is 1. The number of nitro groups is 1. The Morgan fingerprint density at radius 3 is 2.74 bits per heavy atom. The lowest BCUT2D eigenvalue weighted by Crippen LogP contribution is -2.50. The molecule has 0 aromatic heterocycles. The van der Waals surface area contributed by atoms with Gasteiger partial charge in [0.05, 0.1) is 9.95 Å². The molecule has 0 saturated carbocycles. The Morgan fingerprint density at radius 2 is 2.16 bits per heavy atom. The van der Waals surface area contributed by atoms with Crippen molar-refractivity contribution in [3.8, 4) is 0 Å². The van der Waals surface area contributed by atoms with Gasteiger partial charge in [0.15, 0.2) is 0 Å². The van der Waals surface area contributed by atoms with Crippen LogP contribution in [0.25, 0.3) is 0 Å². The van der Waals surface area contributed by atoms with Crippen molar-refractivity contribution in [1.82, 2.24) is 4.90 Å². The third kappa shape index (κ3) is 2.79. The van der Waals surface area contributed by atoms with Gasteiger partial charge in [-0.1, -0.05) is 11.6 Å². The minimum atomic E-state index is -0.631. The number of rotatable bonds is 2. The van der Waals surface area contributed by atoms with Gasteiger partial charge in [0, 0.05) is 37.8 Å². The van der Waals surface area contributed by atoms with Gasteiger partial charge in [-0.25, -0.2) is 4.39 Å². The summed E-state index contributed by atoms with van der Waals surface area (Å²) in [5.41, 5.74) is 0.148. The Bertz CT molecular complexity index is 512. The Labute approximate surface area is 115 Å². The fourth-order valence-corrected chi connectivity index (χ4v) is 2.35. The highest BCUT2D eigenvalue weighted by Gasteiger charge is 2.27. The van der Waals surface area contributed by atoms with Crippen molar-refractivity contribution in [2.75, 3.05) is 31.6 Å². The van der Waals surface area contributed by atoms with Crippen LogP contribution < -0.4 is 4.90 Å². The third-order valence-corrected chi connectivity index (χ3v) is 3.80. The van der Waals surface area contributed by atoms with Crippen molar-refractivity contribution in [1.29, 1.82) is 0 Å². The Balaban J connectivity index is 2.38. The Morgan fingerprint density at radius 1 is 1.47 bits per heavy atom. The van der Waals surface area contributed by atoms with Crippen molar-refractivity contribution in [2.24, 2.45) is 0 Å². The highest BCUT2D eigenvalue weighted by atomic mass is 35.5. The number of hydrogen-bond acceptors (Lipinski definition) is 4. The second kappa shape index (κ2) is 5.30. The fraction of sp³-hybridized carbons (Fsp3) is 0.500. The fourth-order valence-electron chi connectivity index (χ4n) is 2.19. The van der Waals surface area contributed by atoms with Gasteiger partial charge < -0.3 is 9.80 Å². The van der Waals surface area contributed by atoms with Gasteiger partial charge in [0.1, 0.15) is 11.5 Å². The van der Waals surface area contributed by atoms with Crippen molar-refractivity contribution in [3.63, 3.8) is 0 Å². The van der Waals surface area contributed by atoms with Crippen LogP contribution in [0.15, 0.2) is 12.1 Å². The summed E-state index contributed by atoms with van der Waals surface area (Å²) in [6.07, 6.45) is 0. The zero-order chi connectivity index (χ0) is 14.2. The van der Waals surface area contributed by atoms with E-state index < -0.39 is 10.7 Å². The standard InChI is InChI=1S/C12H15ClFN3O2/c1-8-7-16(4-3-15(8)2)11-6-10(14)9(13)5-12(11)17(18)19/h5-6,8H,3-4,7H2,1-2H3/t8-/m1/s1. The van der Waals surface area contributed by atoms with Crippen molar-refractivity contribution in [2.45, 2.75) is 13.0 Å². The number of halogens is 2.